The van der Waals surface area contributed by atoms with Crippen LogP contribution >= 0.6 is 22.7 Å². The first kappa shape index (κ1) is 34.0. The molecule has 4 rings (SSSR count). The van der Waals surface area contributed by atoms with E-state index in [4.69, 9.17) is 28.4 Å². The van der Waals surface area contributed by atoms with Crippen LogP contribution in [-0.4, -0.2) is 83.9 Å². The molecule has 0 aliphatic rings. The first-order chi connectivity index (χ1) is 21.8. The summed E-state index contributed by atoms with van der Waals surface area (Å²) in [5.41, 5.74) is 0. The fourth-order valence-electron chi connectivity index (χ4n) is 4.61. The molecule has 0 fully saturated rings. The molecule has 2 aromatic heterocycles. The number of rotatable bonds is 18. The van der Waals surface area contributed by atoms with Crippen LogP contribution < -0.4 is 18.9 Å². The van der Waals surface area contributed by atoms with Crippen LogP contribution in [0.1, 0.15) is 52.0 Å². The number of esters is 1. The Morgan fingerprint density at radius 1 is 0.711 bits per heavy atom. The van der Waals surface area contributed by atoms with Crippen molar-refractivity contribution in [2.45, 2.75) is 32.6 Å². The molecule has 45 heavy (non-hydrogen) atoms. The monoisotopic (exact) mass is 657 g/mol. The van der Waals surface area contributed by atoms with Gasteiger partial charge in [-0.05, 0) is 48.4 Å². The third kappa shape index (κ3) is 8.86. The van der Waals surface area contributed by atoms with Crippen LogP contribution in [0.25, 0.3) is 20.2 Å². The van der Waals surface area contributed by atoms with Gasteiger partial charge in [0.05, 0.1) is 50.2 Å². The SMILES string of the molecule is CCOC(=O)CCC(=O)c1cc2cc(OC)c(OCCCOc3cc4sc(C(=O)N(C)CCCOC)cc4cc3OC)cc2s1. The number of methoxy groups -OCH3 is 3. The third-order valence-corrected chi connectivity index (χ3v) is 9.17. The van der Waals surface area contributed by atoms with Crippen molar-refractivity contribution in [1.29, 1.82) is 0 Å². The smallest absolute Gasteiger partial charge is 0.306 e. The summed E-state index contributed by atoms with van der Waals surface area (Å²) in [6, 6.07) is 11.2. The molecule has 242 valence electrons. The van der Waals surface area contributed by atoms with Crippen LogP contribution in [-0.2, 0) is 14.3 Å². The Kier molecular flexibility index (Phi) is 12.4. The lowest BCUT2D eigenvalue weighted by Gasteiger charge is -2.15. The van der Waals surface area contributed by atoms with Crippen molar-refractivity contribution < 1.29 is 42.8 Å². The molecular weight excluding hydrogens is 618 g/mol. The van der Waals surface area contributed by atoms with Gasteiger partial charge in [-0.25, -0.2) is 0 Å². The number of ketones is 1. The molecule has 0 N–H and O–H groups in total. The highest BCUT2D eigenvalue weighted by Crippen LogP contribution is 2.38. The summed E-state index contributed by atoms with van der Waals surface area (Å²) in [6.07, 6.45) is 1.52. The number of fused-ring (bicyclic) bond motifs is 2. The van der Waals surface area contributed by atoms with E-state index in [0.717, 1.165) is 26.6 Å². The van der Waals surface area contributed by atoms with Crippen LogP contribution in [0.3, 0.4) is 0 Å². The van der Waals surface area contributed by atoms with E-state index in [0.29, 0.717) is 72.1 Å². The standard InChI is InChI=1S/C33H39NO9S2/c1-6-41-32(36)10-9-23(35)30-17-21-15-24(39-4)26(19-28(21)44-30)42-13-8-14-43-27-20-29-22(16-25(27)40-5)18-31(45-29)33(37)34(2)11-7-12-38-3/h15-20H,6-14H2,1-5H3. The number of benzene rings is 2. The molecular formula is C33H39NO9S2. The summed E-state index contributed by atoms with van der Waals surface area (Å²) in [7, 11) is 6.60. The van der Waals surface area contributed by atoms with Crippen molar-refractivity contribution in [3.05, 3.63) is 46.2 Å². The normalized spacial score (nSPS) is 11.0. The Hall–Kier alpha value is -3.87. The van der Waals surface area contributed by atoms with E-state index in [1.165, 1.54) is 22.7 Å². The van der Waals surface area contributed by atoms with Crippen molar-refractivity contribution in [2.75, 3.05) is 61.3 Å². The third-order valence-electron chi connectivity index (χ3n) is 6.94. The number of amides is 1. The van der Waals surface area contributed by atoms with Gasteiger partial charge in [0.2, 0.25) is 0 Å². The molecule has 0 saturated carbocycles. The van der Waals surface area contributed by atoms with Gasteiger partial charge in [-0.3, -0.25) is 14.4 Å². The highest BCUT2D eigenvalue weighted by Gasteiger charge is 2.18. The predicted octanol–water partition coefficient (Wildman–Crippen LogP) is 6.62. The minimum atomic E-state index is -0.377. The van der Waals surface area contributed by atoms with E-state index in [1.54, 1.807) is 40.2 Å². The quantitative estimate of drug-likeness (QED) is 0.0663. The molecule has 2 heterocycles. The number of nitrogens with zero attached hydrogens (tertiary/aromatic N) is 1. The number of thiophene rings is 2. The molecule has 0 saturated heterocycles. The number of carbonyl (C=O) groups is 3. The molecule has 0 radical (unpaired) electrons. The molecule has 4 aromatic rings. The lowest BCUT2D eigenvalue weighted by Crippen LogP contribution is -2.27. The van der Waals surface area contributed by atoms with Crippen molar-refractivity contribution >= 4 is 60.5 Å². The Bertz CT molecular complexity index is 1630. The van der Waals surface area contributed by atoms with Gasteiger partial charge >= 0.3 is 5.97 Å². The Balaban J connectivity index is 1.34. The van der Waals surface area contributed by atoms with Crippen molar-refractivity contribution in [1.82, 2.24) is 4.90 Å². The van der Waals surface area contributed by atoms with E-state index in [2.05, 4.69) is 0 Å². The maximum Gasteiger partial charge on any atom is 0.306 e. The zero-order chi connectivity index (χ0) is 32.3. The van der Waals surface area contributed by atoms with Crippen molar-refractivity contribution in [3.63, 3.8) is 0 Å². The fourth-order valence-corrected chi connectivity index (χ4v) is 6.72. The first-order valence-corrected chi connectivity index (χ1v) is 16.3. The van der Waals surface area contributed by atoms with E-state index < -0.39 is 0 Å². The number of Topliss-reactive ketones (excluding diaryl/α,β-unsaturated/α-hetero) is 1. The molecule has 0 aliphatic heterocycles. The molecule has 0 spiro atoms. The minimum absolute atomic E-state index is 0.0288. The van der Waals surface area contributed by atoms with Gasteiger partial charge in [0.25, 0.3) is 5.91 Å². The van der Waals surface area contributed by atoms with E-state index in [9.17, 15) is 14.4 Å². The maximum absolute atomic E-state index is 12.9. The van der Waals surface area contributed by atoms with Gasteiger partial charge in [-0.15, -0.1) is 22.7 Å². The molecule has 0 atom stereocenters. The van der Waals surface area contributed by atoms with Crippen LogP contribution in [0, 0.1) is 0 Å². The molecule has 10 nitrogen and oxygen atoms in total. The summed E-state index contributed by atoms with van der Waals surface area (Å²) in [5, 5.41) is 1.78. The Morgan fingerprint density at radius 2 is 1.29 bits per heavy atom. The number of carbonyl (C=O) groups excluding carboxylic acids is 3. The highest BCUT2D eigenvalue weighted by molar-refractivity contribution is 7.21. The number of ether oxygens (including phenoxy) is 6. The molecule has 12 heteroatoms. The van der Waals surface area contributed by atoms with Gasteiger partial charge in [0.1, 0.15) is 0 Å². The molecule has 2 aromatic carbocycles. The second kappa shape index (κ2) is 16.4. The summed E-state index contributed by atoms with van der Waals surface area (Å²) in [4.78, 5) is 40.1. The van der Waals surface area contributed by atoms with Gasteiger partial charge in [-0.2, -0.15) is 0 Å². The average Bonchev–Trinajstić information content (AvgIpc) is 3.66. The lowest BCUT2D eigenvalue weighted by atomic mass is 10.1. The van der Waals surface area contributed by atoms with Crippen LogP contribution in [0.5, 0.6) is 23.0 Å². The maximum atomic E-state index is 12.9. The topological polar surface area (TPSA) is 110 Å². The van der Waals surface area contributed by atoms with E-state index in [-0.39, 0.29) is 30.5 Å². The average molecular weight is 658 g/mol. The first-order valence-electron chi connectivity index (χ1n) is 14.7. The summed E-state index contributed by atoms with van der Waals surface area (Å²) >= 11 is 2.78. The summed E-state index contributed by atoms with van der Waals surface area (Å²) in [5.74, 6) is 1.80. The zero-order valence-corrected chi connectivity index (χ0v) is 27.9. The Labute approximate surface area is 270 Å². The van der Waals surface area contributed by atoms with Gasteiger partial charge in [0.15, 0.2) is 28.8 Å². The lowest BCUT2D eigenvalue weighted by molar-refractivity contribution is -0.143. The second-order valence-corrected chi connectivity index (χ2v) is 12.3. The number of hydrogen-bond acceptors (Lipinski definition) is 11. The van der Waals surface area contributed by atoms with Gasteiger partial charge in [0, 0.05) is 61.7 Å². The summed E-state index contributed by atoms with van der Waals surface area (Å²) < 4.78 is 35.0. The minimum Gasteiger partial charge on any atom is -0.493 e. The van der Waals surface area contributed by atoms with Crippen molar-refractivity contribution in [3.8, 4) is 23.0 Å². The molecule has 0 unspecified atom stereocenters. The highest BCUT2D eigenvalue weighted by atomic mass is 32.1. The largest absolute Gasteiger partial charge is 0.493 e. The fraction of sp³-hybridized carbons (Fsp3) is 0.424. The molecule has 0 aliphatic carbocycles. The zero-order valence-electron chi connectivity index (χ0n) is 26.3. The van der Waals surface area contributed by atoms with Crippen LogP contribution in [0.2, 0.25) is 0 Å². The van der Waals surface area contributed by atoms with E-state index >= 15 is 0 Å². The van der Waals surface area contributed by atoms with E-state index in [1.807, 2.05) is 36.4 Å². The van der Waals surface area contributed by atoms with Crippen LogP contribution in [0.15, 0.2) is 36.4 Å². The van der Waals surface area contributed by atoms with Crippen LogP contribution in [0.4, 0.5) is 0 Å². The van der Waals surface area contributed by atoms with Gasteiger partial charge in [-0.1, -0.05) is 0 Å². The summed E-state index contributed by atoms with van der Waals surface area (Å²) in [6.45, 7) is 4.00. The van der Waals surface area contributed by atoms with Gasteiger partial charge < -0.3 is 33.3 Å². The number of hydrogen-bond donors (Lipinski definition) is 0. The molecule has 0 bridgehead atoms. The Morgan fingerprint density at radius 3 is 1.84 bits per heavy atom. The predicted molar refractivity (Wildman–Crippen MR) is 176 cm³/mol. The van der Waals surface area contributed by atoms with Crippen molar-refractivity contribution in [2.24, 2.45) is 0 Å². The second-order valence-electron chi connectivity index (χ2n) is 10.2. The molecule has 1 amide bonds.